The Balaban J connectivity index is 2.13. The second kappa shape index (κ2) is 5.79. The molecule has 0 aromatic carbocycles. The van der Waals surface area contributed by atoms with Crippen LogP contribution in [-0.4, -0.2) is 13.4 Å². The summed E-state index contributed by atoms with van der Waals surface area (Å²) in [5.74, 6) is 0. The topological polar surface area (TPSA) is 59.1 Å². The highest BCUT2D eigenvalue weighted by atomic mass is 79.9. The molecule has 2 aromatic heterocycles. The van der Waals surface area contributed by atoms with E-state index in [2.05, 4.69) is 41.6 Å². The zero-order valence-corrected chi connectivity index (χ0v) is 13.7. The van der Waals surface area contributed by atoms with Crippen molar-refractivity contribution in [2.75, 3.05) is 0 Å². The Morgan fingerprint density at radius 3 is 2.72 bits per heavy atom. The molecule has 0 saturated heterocycles. The first kappa shape index (κ1) is 14.1. The maximum atomic E-state index is 12.0. The molecule has 0 saturated carbocycles. The molecule has 2 aromatic rings. The fourth-order valence-electron chi connectivity index (χ4n) is 1.21. The molecule has 8 heteroatoms. The Bertz CT molecular complexity index is 622. The van der Waals surface area contributed by atoms with Crippen LogP contribution < -0.4 is 4.72 Å². The predicted octanol–water partition coefficient (Wildman–Crippen LogP) is 3.15. The van der Waals surface area contributed by atoms with Crippen molar-refractivity contribution < 1.29 is 8.42 Å². The first-order valence-electron chi connectivity index (χ1n) is 4.82. The zero-order valence-electron chi connectivity index (χ0n) is 8.93. The molecular formula is C10H8Br2N2O2S2. The third-order valence-electron chi connectivity index (χ3n) is 2.08. The molecule has 0 unspecified atom stereocenters. The third kappa shape index (κ3) is 3.39. The summed E-state index contributed by atoms with van der Waals surface area (Å²) in [5.41, 5.74) is 0.816. The normalized spacial score (nSPS) is 11.7. The molecular weight excluding hydrogens is 404 g/mol. The van der Waals surface area contributed by atoms with Crippen LogP contribution in [0.25, 0.3) is 0 Å². The maximum Gasteiger partial charge on any atom is 0.250 e. The molecule has 18 heavy (non-hydrogen) atoms. The summed E-state index contributed by atoms with van der Waals surface area (Å²) < 4.78 is 28.3. The van der Waals surface area contributed by atoms with Crippen LogP contribution in [0.15, 0.2) is 43.1 Å². The van der Waals surface area contributed by atoms with Gasteiger partial charge in [0.25, 0.3) is 0 Å². The smallest absolute Gasteiger partial charge is 0.250 e. The van der Waals surface area contributed by atoms with Crippen molar-refractivity contribution >= 4 is 53.2 Å². The number of halogens is 2. The molecule has 0 amide bonds. The summed E-state index contributed by atoms with van der Waals surface area (Å²) in [6.07, 6.45) is 3.27. The lowest BCUT2D eigenvalue weighted by molar-refractivity contribution is 0.583. The number of hydrogen-bond donors (Lipinski definition) is 1. The van der Waals surface area contributed by atoms with Crippen molar-refractivity contribution in [1.29, 1.82) is 0 Å². The van der Waals surface area contributed by atoms with Crippen LogP contribution in [0.1, 0.15) is 5.56 Å². The Hall–Kier alpha value is -0.280. The summed E-state index contributed by atoms with van der Waals surface area (Å²) in [6.45, 7) is 0.226. The van der Waals surface area contributed by atoms with E-state index in [0.717, 1.165) is 25.2 Å². The van der Waals surface area contributed by atoms with Crippen LogP contribution >= 0.6 is 43.2 Å². The van der Waals surface area contributed by atoms with E-state index < -0.39 is 10.0 Å². The fraction of sp³-hybridized carbons (Fsp3) is 0.100. The second-order valence-electron chi connectivity index (χ2n) is 3.37. The molecule has 96 valence electrons. The number of aromatic nitrogens is 1. The van der Waals surface area contributed by atoms with Crippen LogP contribution in [0.5, 0.6) is 0 Å². The molecule has 1 N–H and O–H groups in total. The molecule has 0 fully saturated rings. The SMILES string of the molecule is O=S(=O)(NCc1cccnc1)c1cc(Br)c(Br)s1. The maximum absolute atomic E-state index is 12.0. The van der Waals surface area contributed by atoms with Gasteiger partial charge in [-0.25, -0.2) is 13.1 Å². The lowest BCUT2D eigenvalue weighted by Gasteiger charge is -2.03. The van der Waals surface area contributed by atoms with Crippen molar-refractivity contribution in [3.8, 4) is 0 Å². The number of rotatable bonds is 4. The summed E-state index contributed by atoms with van der Waals surface area (Å²) in [5, 5.41) is 0. The summed E-state index contributed by atoms with van der Waals surface area (Å²) in [6, 6.07) is 5.15. The van der Waals surface area contributed by atoms with Crippen molar-refractivity contribution in [2.24, 2.45) is 0 Å². The zero-order chi connectivity index (χ0) is 13.2. The van der Waals surface area contributed by atoms with Crippen molar-refractivity contribution in [3.63, 3.8) is 0 Å². The largest absolute Gasteiger partial charge is 0.264 e. The minimum Gasteiger partial charge on any atom is -0.264 e. The van der Waals surface area contributed by atoms with Crippen LogP contribution in [0.3, 0.4) is 0 Å². The summed E-state index contributed by atoms with van der Waals surface area (Å²) in [4.78, 5) is 3.93. The molecule has 0 radical (unpaired) electrons. The van der Waals surface area contributed by atoms with Gasteiger partial charge in [-0.3, -0.25) is 4.98 Å². The molecule has 0 atom stereocenters. The fourth-order valence-corrected chi connectivity index (χ4v) is 5.09. The molecule has 4 nitrogen and oxygen atoms in total. The Labute approximate surface area is 126 Å². The van der Waals surface area contributed by atoms with Crippen LogP contribution in [-0.2, 0) is 16.6 Å². The molecule has 2 rings (SSSR count). The van der Waals surface area contributed by atoms with Gasteiger partial charge in [0.1, 0.15) is 4.21 Å². The van der Waals surface area contributed by atoms with Crippen molar-refractivity contribution in [2.45, 2.75) is 10.8 Å². The van der Waals surface area contributed by atoms with Gasteiger partial charge in [0, 0.05) is 23.4 Å². The van der Waals surface area contributed by atoms with Gasteiger partial charge in [-0.1, -0.05) is 6.07 Å². The number of hydrogen-bond acceptors (Lipinski definition) is 4. The Morgan fingerprint density at radius 1 is 1.39 bits per heavy atom. The van der Waals surface area contributed by atoms with Crippen LogP contribution in [0.4, 0.5) is 0 Å². The highest BCUT2D eigenvalue weighted by Crippen LogP contribution is 2.34. The van der Waals surface area contributed by atoms with E-state index in [1.54, 1.807) is 24.5 Å². The van der Waals surface area contributed by atoms with E-state index in [0.29, 0.717) is 0 Å². The number of sulfonamides is 1. The lowest BCUT2D eigenvalue weighted by Crippen LogP contribution is -2.22. The lowest BCUT2D eigenvalue weighted by atomic mass is 10.3. The van der Waals surface area contributed by atoms with E-state index in [9.17, 15) is 8.42 Å². The van der Waals surface area contributed by atoms with Gasteiger partial charge in [-0.2, -0.15) is 0 Å². The van der Waals surface area contributed by atoms with E-state index in [-0.39, 0.29) is 10.8 Å². The van der Waals surface area contributed by atoms with Crippen LogP contribution in [0.2, 0.25) is 0 Å². The molecule has 2 heterocycles. The van der Waals surface area contributed by atoms with Crippen molar-refractivity contribution in [1.82, 2.24) is 9.71 Å². The van der Waals surface area contributed by atoms with Gasteiger partial charge in [-0.15, -0.1) is 11.3 Å². The first-order chi connectivity index (χ1) is 8.49. The summed E-state index contributed by atoms with van der Waals surface area (Å²) in [7, 11) is -3.48. The number of pyridine rings is 1. The average Bonchev–Trinajstić information content (AvgIpc) is 2.70. The first-order valence-corrected chi connectivity index (χ1v) is 8.71. The molecule has 0 bridgehead atoms. The predicted molar refractivity (Wildman–Crippen MR) is 78.0 cm³/mol. The molecule has 0 spiro atoms. The molecule has 0 aliphatic carbocycles. The molecule has 0 aliphatic rings. The van der Waals surface area contributed by atoms with Crippen molar-refractivity contribution in [3.05, 3.63) is 44.4 Å². The van der Waals surface area contributed by atoms with E-state index in [1.165, 1.54) is 0 Å². The number of nitrogens with zero attached hydrogens (tertiary/aromatic N) is 1. The minimum absolute atomic E-state index is 0.226. The van der Waals surface area contributed by atoms with Gasteiger partial charge in [0.15, 0.2) is 0 Å². The third-order valence-corrected chi connectivity index (χ3v) is 7.21. The standard InChI is InChI=1S/C10H8Br2N2O2S2/c11-8-4-9(17-10(8)12)18(15,16)14-6-7-2-1-3-13-5-7/h1-5,14H,6H2. The summed E-state index contributed by atoms with van der Waals surface area (Å²) >= 11 is 7.70. The quantitative estimate of drug-likeness (QED) is 0.840. The monoisotopic (exact) mass is 410 g/mol. The second-order valence-corrected chi connectivity index (χ2v) is 8.59. The van der Waals surface area contributed by atoms with E-state index in [4.69, 9.17) is 0 Å². The Morgan fingerprint density at radius 2 is 2.17 bits per heavy atom. The highest BCUT2D eigenvalue weighted by Gasteiger charge is 2.18. The number of nitrogens with one attached hydrogen (secondary N) is 1. The van der Waals surface area contributed by atoms with E-state index in [1.807, 2.05) is 6.07 Å². The Kier molecular flexibility index (Phi) is 4.54. The van der Waals surface area contributed by atoms with Gasteiger partial charge in [0.05, 0.1) is 3.79 Å². The average molecular weight is 412 g/mol. The minimum atomic E-state index is -3.48. The van der Waals surface area contributed by atoms with Gasteiger partial charge < -0.3 is 0 Å². The number of thiophene rings is 1. The molecule has 0 aliphatic heterocycles. The van der Waals surface area contributed by atoms with Gasteiger partial charge in [-0.05, 0) is 49.6 Å². The van der Waals surface area contributed by atoms with Gasteiger partial charge >= 0.3 is 0 Å². The van der Waals surface area contributed by atoms with Crippen LogP contribution in [0, 0.1) is 0 Å². The van der Waals surface area contributed by atoms with E-state index >= 15 is 0 Å². The van der Waals surface area contributed by atoms with Gasteiger partial charge in [0.2, 0.25) is 10.0 Å². The highest BCUT2D eigenvalue weighted by molar-refractivity contribution is 9.13.